The maximum Gasteiger partial charge on any atom is 0.129 e. The molecule has 0 aliphatic carbocycles. The van der Waals surface area contributed by atoms with Crippen molar-refractivity contribution in [3.63, 3.8) is 0 Å². The summed E-state index contributed by atoms with van der Waals surface area (Å²) in [7, 11) is 1.97. The zero-order valence-electron chi connectivity index (χ0n) is 13.0. The maximum absolute atomic E-state index is 6.26. The van der Waals surface area contributed by atoms with Crippen LogP contribution in [-0.4, -0.2) is 16.3 Å². The van der Waals surface area contributed by atoms with Gasteiger partial charge in [-0.15, -0.1) is 0 Å². The minimum Gasteiger partial charge on any atom is -0.485 e. The van der Waals surface area contributed by atoms with Gasteiger partial charge in [0, 0.05) is 36.8 Å². The Morgan fingerprint density at radius 2 is 2.10 bits per heavy atom. The summed E-state index contributed by atoms with van der Waals surface area (Å²) in [5.74, 6) is 0.991. The minimum absolute atomic E-state index is 0.0765. The summed E-state index contributed by atoms with van der Waals surface area (Å²) >= 11 is 0. The molecule has 21 heavy (non-hydrogen) atoms. The fourth-order valence-corrected chi connectivity index (χ4v) is 3.14. The molecule has 3 rings (SSSR count). The fraction of sp³-hybridized carbons (Fsp3) is 0.471. The van der Waals surface area contributed by atoms with Crippen LogP contribution in [0.2, 0.25) is 0 Å². The predicted molar refractivity (Wildman–Crippen MR) is 83.4 cm³/mol. The molecular formula is C17H23N3O. The highest BCUT2D eigenvalue weighted by Crippen LogP contribution is 2.41. The van der Waals surface area contributed by atoms with E-state index in [4.69, 9.17) is 4.74 Å². The van der Waals surface area contributed by atoms with Gasteiger partial charge in [-0.3, -0.25) is 4.68 Å². The van der Waals surface area contributed by atoms with Crippen molar-refractivity contribution in [1.29, 1.82) is 0 Å². The van der Waals surface area contributed by atoms with Crippen molar-refractivity contribution in [2.24, 2.45) is 7.05 Å². The lowest BCUT2D eigenvalue weighted by molar-refractivity contribution is 0.151. The molecule has 0 amide bonds. The largest absolute Gasteiger partial charge is 0.485 e. The van der Waals surface area contributed by atoms with Crippen LogP contribution in [0.1, 0.15) is 49.2 Å². The van der Waals surface area contributed by atoms with Crippen molar-refractivity contribution in [3.8, 4) is 5.75 Å². The highest BCUT2D eigenvalue weighted by molar-refractivity contribution is 5.39. The van der Waals surface area contributed by atoms with Crippen molar-refractivity contribution < 1.29 is 4.74 Å². The van der Waals surface area contributed by atoms with Crippen molar-refractivity contribution in [2.45, 2.75) is 38.8 Å². The van der Waals surface area contributed by atoms with E-state index in [1.807, 2.05) is 17.8 Å². The van der Waals surface area contributed by atoms with E-state index in [0.29, 0.717) is 6.04 Å². The van der Waals surface area contributed by atoms with Gasteiger partial charge < -0.3 is 10.1 Å². The maximum atomic E-state index is 6.26. The SMILES string of the molecule is CCNC1CC(c2cn(C)nc2CC)Oc2ccccc21. The van der Waals surface area contributed by atoms with Crippen LogP contribution < -0.4 is 10.1 Å². The number of benzene rings is 1. The van der Waals surface area contributed by atoms with Crippen molar-refractivity contribution in [2.75, 3.05) is 6.54 Å². The summed E-state index contributed by atoms with van der Waals surface area (Å²) in [5, 5.41) is 8.13. The second kappa shape index (κ2) is 5.90. The van der Waals surface area contributed by atoms with E-state index in [0.717, 1.165) is 30.8 Å². The van der Waals surface area contributed by atoms with Gasteiger partial charge in [0.2, 0.25) is 0 Å². The second-order valence-corrected chi connectivity index (χ2v) is 5.55. The fourth-order valence-electron chi connectivity index (χ4n) is 3.14. The third-order valence-corrected chi connectivity index (χ3v) is 4.08. The number of nitrogens with one attached hydrogen (secondary N) is 1. The first-order chi connectivity index (χ1) is 10.2. The first kappa shape index (κ1) is 14.1. The number of hydrogen-bond acceptors (Lipinski definition) is 3. The molecule has 1 aromatic carbocycles. The first-order valence-corrected chi connectivity index (χ1v) is 7.74. The first-order valence-electron chi connectivity index (χ1n) is 7.74. The second-order valence-electron chi connectivity index (χ2n) is 5.55. The predicted octanol–water partition coefficient (Wildman–Crippen LogP) is 3.16. The average molecular weight is 285 g/mol. The van der Waals surface area contributed by atoms with Crippen LogP contribution in [0.4, 0.5) is 0 Å². The molecule has 112 valence electrons. The van der Waals surface area contributed by atoms with Crippen LogP contribution in [0.15, 0.2) is 30.5 Å². The highest BCUT2D eigenvalue weighted by Gasteiger charge is 2.30. The molecular weight excluding hydrogens is 262 g/mol. The smallest absolute Gasteiger partial charge is 0.129 e. The lowest BCUT2D eigenvalue weighted by Crippen LogP contribution is -2.29. The molecule has 1 aliphatic heterocycles. The minimum atomic E-state index is 0.0765. The van der Waals surface area contributed by atoms with E-state index < -0.39 is 0 Å². The van der Waals surface area contributed by atoms with Crippen molar-refractivity contribution in [3.05, 3.63) is 47.3 Å². The van der Waals surface area contributed by atoms with Gasteiger partial charge in [0.15, 0.2) is 0 Å². The Labute approximate surface area is 126 Å². The van der Waals surface area contributed by atoms with Crippen molar-refractivity contribution in [1.82, 2.24) is 15.1 Å². The summed E-state index contributed by atoms with van der Waals surface area (Å²) in [6.45, 7) is 5.25. The summed E-state index contributed by atoms with van der Waals surface area (Å²) in [6.07, 6.45) is 4.06. The lowest BCUT2D eigenvalue weighted by Gasteiger charge is -2.32. The third-order valence-electron chi connectivity index (χ3n) is 4.08. The Kier molecular flexibility index (Phi) is 3.97. The van der Waals surface area contributed by atoms with Crippen LogP contribution >= 0.6 is 0 Å². The normalized spacial score (nSPS) is 20.9. The molecule has 1 aliphatic rings. The standard InChI is InChI=1S/C17H23N3O/c1-4-14-13(11-20(3)19-14)17-10-15(18-5-2)12-8-6-7-9-16(12)21-17/h6-9,11,15,17-18H,4-5,10H2,1-3H3. The molecule has 0 spiro atoms. The van der Waals surface area contributed by atoms with Gasteiger partial charge in [-0.25, -0.2) is 0 Å². The number of fused-ring (bicyclic) bond motifs is 1. The topological polar surface area (TPSA) is 39.1 Å². The molecule has 4 nitrogen and oxygen atoms in total. The summed E-state index contributed by atoms with van der Waals surface area (Å²) < 4.78 is 8.15. The molecule has 2 atom stereocenters. The zero-order chi connectivity index (χ0) is 14.8. The van der Waals surface area contributed by atoms with E-state index in [-0.39, 0.29) is 6.10 Å². The molecule has 2 heterocycles. The molecule has 2 unspecified atom stereocenters. The van der Waals surface area contributed by atoms with Gasteiger partial charge >= 0.3 is 0 Å². The van der Waals surface area contributed by atoms with Gasteiger partial charge in [-0.1, -0.05) is 32.0 Å². The molecule has 0 saturated carbocycles. The monoisotopic (exact) mass is 285 g/mol. The van der Waals surface area contributed by atoms with E-state index in [2.05, 4.69) is 48.7 Å². The molecule has 4 heteroatoms. The van der Waals surface area contributed by atoms with Gasteiger partial charge in [-0.05, 0) is 19.0 Å². The zero-order valence-corrected chi connectivity index (χ0v) is 13.0. The number of hydrogen-bond donors (Lipinski definition) is 1. The van der Waals surface area contributed by atoms with Crippen LogP contribution in [0.25, 0.3) is 0 Å². The van der Waals surface area contributed by atoms with E-state index in [9.17, 15) is 0 Å². The average Bonchev–Trinajstić information content (AvgIpc) is 2.88. The van der Waals surface area contributed by atoms with Gasteiger partial charge in [0.05, 0.1) is 5.69 Å². The van der Waals surface area contributed by atoms with E-state index in [1.165, 1.54) is 11.1 Å². The molecule has 0 radical (unpaired) electrons. The van der Waals surface area contributed by atoms with Crippen molar-refractivity contribution >= 4 is 0 Å². The van der Waals surface area contributed by atoms with Crippen LogP contribution in [-0.2, 0) is 13.5 Å². The van der Waals surface area contributed by atoms with E-state index in [1.54, 1.807) is 0 Å². The molecule has 0 fully saturated rings. The molecule has 0 bridgehead atoms. The Morgan fingerprint density at radius 3 is 2.86 bits per heavy atom. The summed E-state index contributed by atoms with van der Waals surface area (Å²) in [4.78, 5) is 0. The number of aryl methyl sites for hydroxylation is 2. The summed E-state index contributed by atoms with van der Waals surface area (Å²) in [6, 6.07) is 8.68. The van der Waals surface area contributed by atoms with Gasteiger partial charge in [-0.2, -0.15) is 5.10 Å². The number of rotatable bonds is 4. The number of aromatic nitrogens is 2. The number of nitrogens with zero attached hydrogens (tertiary/aromatic N) is 2. The van der Waals surface area contributed by atoms with Crippen LogP contribution in [0.5, 0.6) is 5.75 Å². The Bertz CT molecular complexity index is 620. The highest BCUT2D eigenvalue weighted by atomic mass is 16.5. The molecule has 0 saturated heterocycles. The van der Waals surface area contributed by atoms with Crippen LogP contribution in [0.3, 0.4) is 0 Å². The molecule has 1 N–H and O–H groups in total. The Balaban J connectivity index is 1.95. The third kappa shape index (κ3) is 2.68. The number of para-hydroxylation sites is 1. The lowest BCUT2D eigenvalue weighted by atomic mass is 9.93. The Morgan fingerprint density at radius 1 is 1.29 bits per heavy atom. The summed E-state index contributed by atoms with van der Waals surface area (Å²) in [5.41, 5.74) is 3.62. The van der Waals surface area contributed by atoms with Gasteiger partial charge in [0.25, 0.3) is 0 Å². The molecule has 2 aromatic rings. The number of ether oxygens (including phenoxy) is 1. The van der Waals surface area contributed by atoms with Crippen LogP contribution in [0, 0.1) is 0 Å². The Hall–Kier alpha value is -1.81. The molecule has 1 aromatic heterocycles. The quantitative estimate of drug-likeness (QED) is 0.938. The van der Waals surface area contributed by atoms with Gasteiger partial charge in [0.1, 0.15) is 11.9 Å². The van der Waals surface area contributed by atoms with E-state index >= 15 is 0 Å².